The summed E-state index contributed by atoms with van der Waals surface area (Å²) in [5.41, 5.74) is 3.20. The van der Waals surface area contributed by atoms with E-state index in [1.54, 1.807) is 30.6 Å². The van der Waals surface area contributed by atoms with Crippen molar-refractivity contribution in [2.75, 3.05) is 24.7 Å². The standard InChI is InChI=1S/C22H20FN5O3S/c1-15-13-26(14-24-15)19-8-3-16(11-20(19)30-2)12-21-22-25-32(29)28(27(22)9-10-31-21)18-6-4-17(23)5-7-18/h3-8,11-14H,9-10H2,1-2H3. The summed E-state index contributed by atoms with van der Waals surface area (Å²) in [5, 5.41) is 1.79. The van der Waals surface area contributed by atoms with Crippen LogP contribution in [0.5, 0.6) is 5.75 Å². The van der Waals surface area contributed by atoms with E-state index in [1.807, 2.05) is 42.0 Å². The number of halogens is 1. The lowest BCUT2D eigenvalue weighted by Gasteiger charge is -2.33. The van der Waals surface area contributed by atoms with Crippen LogP contribution in [0.25, 0.3) is 11.8 Å². The van der Waals surface area contributed by atoms with Crippen LogP contribution in [-0.2, 0) is 15.9 Å². The zero-order valence-corrected chi connectivity index (χ0v) is 18.3. The van der Waals surface area contributed by atoms with Gasteiger partial charge in [0.1, 0.15) is 18.2 Å². The molecule has 8 nitrogen and oxygen atoms in total. The van der Waals surface area contributed by atoms with Crippen LogP contribution in [-0.4, -0.2) is 44.9 Å². The Morgan fingerprint density at radius 3 is 2.75 bits per heavy atom. The van der Waals surface area contributed by atoms with E-state index in [4.69, 9.17) is 9.47 Å². The van der Waals surface area contributed by atoms with Crippen molar-refractivity contribution in [3.05, 3.63) is 77.8 Å². The number of nitrogens with zero attached hydrogens (tertiary/aromatic N) is 5. The van der Waals surface area contributed by atoms with Gasteiger partial charge < -0.3 is 14.0 Å². The summed E-state index contributed by atoms with van der Waals surface area (Å²) in [4.78, 5) is 4.26. The molecule has 0 aliphatic carbocycles. The molecule has 3 aromatic rings. The lowest BCUT2D eigenvalue weighted by molar-refractivity contribution is 0.177. The van der Waals surface area contributed by atoms with Crippen LogP contribution < -0.4 is 9.15 Å². The first kappa shape index (κ1) is 20.3. The van der Waals surface area contributed by atoms with Crippen molar-refractivity contribution in [3.63, 3.8) is 0 Å². The molecule has 164 valence electrons. The largest absolute Gasteiger partial charge is 0.495 e. The van der Waals surface area contributed by atoms with Crippen LogP contribution in [0.3, 0.4) is 0 Å². The predicted molar refractivity (Wildman–Crippen MR) is 120 cm³/mol. The predicted octanol–water partition coefficient (Wildman–Crippen LogP) is 3.41. The van der Waals surface area contributed by atoms with Gasteiger partial charge >= 0.3 is 0 Å². The molecule has 1 unspecified atom stereocenters. The highest BCUT2D eigenvalue weighted by Crippen LogP contribution is 2.31. The first-order valence-corrected chi connectivity index (χ1v) is 11.0. The second-order valence-electron chi connectivity index (χ2n) is 7.23. The molecular weight excluding hydrogens is 433 g/mol. The molecule has 1 saturated heterocycles. The number of benzene rings is 2. The third-order valence-electron chi connectivity index (χ3n) is 5.10. The summed E-state index contributed by atoms with van der Waals surface area (Å²) < 4.78 is 45.2. The number of morpholine rings is 1. The number of anilines is 1. The Hall–Kier alpha value is -3.66. The molecule has 2 aliphatic heterocycles. The molecule has 0 saturated carbocycles. The maximum absolute atomic E-state index is 13.3. The number of imidazole rings is 1. The van der Waals surface area contributed by atoms with Crippen molar-refractivity contribution in [1.82, 2.24) is 14.6 Å². The third-order valence-corrected chi connectivity index (χ3v) is 6.13. The van der Waals surface area contributed by atoms with Crippen LogP contribution in [0.1, 0.15) is 11.3 Å². The lowest BCUT2D eigenvalue weighted by Crippen LogP contribution is -2.47. The third kappa shape index (κ3) is 3.62. The van der Waals surface area contributed by atoms with E-state index < -0.39 is 11.2 Å². The Bertz CT molecular complexity index is 1250. The molecular formula is C22H20FN5O3S. The van der Waals surface area contributed by atoms with E-state index in [0.717, 1.165) is 16.9 Å². The normalized spacial score (nSPS) is 19.0. The number of aryl methyl sites for hydroxylation is 1. The number of rotatable bonds is 4. The number of aromatic nitrogens is 2. The van der Waals surface area contributed by atoms with Gasteiger partial charge in [0.25, 0.3) is 11.2 Å². The monoisotopic (exact) mass is 453 g/mol. The Kier molecular flexibility index (Phi) is 5.14. The van der Waals surface area contributed by atoms with E-state index in [1.165, 1.54) is 16.5 Å². The molecule has 2 aromatic carbocycles. The van der Waals surface area contributed by atoms with Crippen LogP contribution >= 0.6 is 0 Å². The van der Waals surface area contributed by atoms with Crippen molar-refractivity contribution in [2.24, 2.45) is 4.40 Å². The topological polar surface area (TPSA) is 72.2 Å². The number of ether oxygens (including phenoxy) is 2. The molecule has 10 heteroatoms. The Labute approximate surface area is 186 Å². The van der Waals surface area contributed by atoms with Gasteiger partial charge in [-0.25, -0.2) is 18.6 Å². The van der Waals surface area contributed by atoms with Gasteiger partial charge in [-0.2, -0.15) is 4.41 Å². The van der Waals surface area contributed by atoms with Crippen LogP contribution in [0.15, 0.2) is 65.1 Å². The Morgan fingerprint density at radius 2 is 2.03 bits per heavy atom. The summed E-state index contributed by atoms with van der Waals surface area (Å²) in [6, 6.07) is 11.6. The van der Waals surface area contributed by atoms with Gasteiger partial charge in [0.2, 0.25) is 5.84 Å². The average Bonchev–Trinajstić information content (AvgIpc) is 3.37. The van der Waals surface area contributed by atoms with Crippen LogP contribution in [0.4, 0.5) is 10.1 Å². The first-order valence-electron chi connectivity index (χ1n) is 9.91. The summed E-state index contributed by atoms with van der Waals surface area (Å²) >= 11 is -1.68. The molecule has 5 rings (SSSR count). The number of amidine groups is 1. The van der Waals surface area contributed by atoms with Gasteiger partial charge in [-0.3, -0.25) is 0 Å². The molecule has 1 fully saturated rings. The molecule has 1 aromatic heterocycles. The average molecular weight is 453 g/mol. The van der Waals surface area contributed by atoms with Gasteiger partial charge in [-0.1, -0.05) is 6.07 Å². The molecule has 2 aliphatic rings. The lowest BCUT2D eigenvalue weighted by atomic mass is 10.1. The highest BCUT2D eigenvalue weighted by molar-refractivity contribution is 7.85. The summed E-state index contributed by atoms with van der Waals surface area (Å²) in [7, 11) is 1.61. The summed E-state index contributed by atoms with van der Waals surface area (Å²) in [6.07, 6.45) is 5.49. The van der Waals surface area contributed by atoms with Crippen LogP contribution in [0, 0.1) is 12.7 Å². The fraction of sp³-hybridized carbons (Fsp3) is 0.182. The van der Waals surface area contributed by atoms with Gasteiger partial charge in [0.05, 0.1) is 37.1 Å². The highest BCUT2D eigenvalue weighted by Gasteiger charge is 2.37. The minimum Gasteiger partial charge on any atom is -0.495 e. The minimum atomic E-state index is -1.68. The fourth-order valence-corrected chi connectivity index (χ4v) is 4.65. The quantitative estimate of drug-likeness (QED) is 0.605. The van der Waals surface area contributed by atoms with E-state index in [-0.39, 0.29) is 5.82 Å². The smallest absolute Gasteiger partial charge is 0.267 e. The van der Waals surface area contributed by atoms with E-state index >= 15 is 0 Å². The molecule has 0 N–H and O–H groups in total. The highest BCUT2D eigenvalue weighted by atomic mass is 32.2. The molecule has 32 heavy (non-hydrogen) atoms. The summed E-state index contributed by atoms with van der Waals surface area (Å²) in [5.74, 6) is 1.29. The number of hydrogen-bond donors (Lipinski definition) is 0. The van der Waals surface area contributed by atoms with E-state index in [9.17, 15) is 8.60 Å². The number of fused-ring (bicyclic) bond motifs is 1. The van der Waals surface area contributed by atoms with E-state index in [0.29, 0.717) is 36.2 Å². The van der Waals surface area contributed by atoms with Gasteiger partial charge in [-0.15, -0.1) is 4.40 Å². The maximum Gasteiger partial charge on any atom is 0.267 e. The van der Waals surface area contributed by atoms with Crippen molar-refractivity contribution in [2.45, 2.75) is 6.92 Å². The van der Waals surface area contributed by atoms with Crippen LogP contribution in [0.2, 0.25) is 0 Å². The number of hydrazine groups is 1. The van der Waals surface area contributed by atoms with Crippen molar-refractivity contribution in [3.8, 4) is 11.4 Å². The molecule has 0 radical (unpaired) electrons. The first-order chi connectivity index (χ1) is 15.5. The zero-order valence-electron chi connectivity index (χ0n) is 17.4. The van der Waals surface area contributed by atoms with Gasteiger partial charge in [0.15, 0.2) is 5.76 Å². The van der Waals surface area contributed by atoms with E-state index in [2.05, 4.69) is 9.38 Å². The second-order valence-corrected chi connectivity index (χ2v) is 8.22. The minimum absolute atomic E-state index is 0.356. The molecule has 3 heterocycles. The molecule has 0 spiro atoms. The number of hydrogen-bond acceptors (Lipinski definition) is 5. The van der Waals surface area contributed by atoms with Gasteiger partial charge in [0, 0.05) is 6.20 Å². The number of methoxy groups -OCH3 is 1. The van der Waals surface area contributed by atoms with Crippen molar-refractivity contribution in [1.29, 1.82) is 0 Å². The zero-order chi connectivity index (χ0) is 22.2. The second kappa shape index (κ2) is 8.12. The van der Waals surface area contributed by atoms with Crippen molar-refractivity contribution >= 4 is 28.8 Å². The summed E-state index contributed by atoms with van der Waals surface area (Å²) in [6.45, 7) is 2.79. The molecule has 1 atom stereocenters. The maximum atomic E-state index is 13.3. The van der Waals surface area contributed by atoms with Gasteiger partial charge in [-0.05, 0) is 55.0 Å². The van der Waals surface area contributed by atoms with Crippen molar-refractivity contribution < 1.29 is 18.1 Å². The SMILES string of the molecule is COc1cc(C=C2OCCN3C2=NS(=O)N3c2ccc(F)cc2)ccc1-n1cnc(C)c1. The molecule has 0 amide bonds. The Balaban J connectivity index is 1.46. The fourth-order valence-electron chi connectivity index (χ4n) is 3.61. The molecule has 0 bridgehead atoms. The Morgan fingerprint density at radius 1 is 1.22 bits per heavy atom.